The second-order valence-electron chi connectivity index (χ2n) is 8.27. The average Bonchev–Trinajstić information content (AvgIpc) is 2.78. The van der Waals surface area contributed by atoms with E-state index < -0.39 is 0 Å². The molecule has 0 bridgehead atoms. The number of anilines is 2. The number of hydrogen-bond donors (Lipinski definition) is 2. The summed E-state index contributed by atoms with van der Waals surface area (Å²) < 4.78 is 0. The molecule has 5 heteroatoms. The molecule has 0 spiro atoms. The van der Waals surface area contributed by atoms with Crippen LogP contribution < -0.4 is 15.5 Å². The van der Waals surface area contributed by atoms with Gasteiger partial charge in [0.25, 0.3) is 0 Å². The topological polar surface area (TPSA) is 47.6 Å². The molecule has 2 aliphatic rings. The van der Waals surface area contributed by atoms with Crippen LogP contribution in [-0.4, -0.2) is 43.2 Å². The number of carbonyl (C=O) groups is 1. The van der Waals surface area contributed by atoms with Gasteiger partial charge in [0.2, 0.25) is 0 Å². The Kier molecular flexibility index (Phi) is 6.35. The standard InChI is InChI=1S/C24H32N4O/c1-19(28-16-13-20-7-3-4-8-21(20)18-28)17-25-24(29)26-22-9-11-23(12-10-22)27-14-5-2-6-15-27/h3-4,7-12,19H,2,5-6,13-18H2,1H3,(H2,25,26,29)/t19-/m0/s1. The van der Waals surface area contributed by atoms with Crippen LogP contribution in [0.3, 0.4) is 0 Å². The van der Waals surface area contributed by atoms with Gasteiger partial charge >= 0.3 is 6.03 Å². The summed E-state index contributed by atoms with van der Waals surface area (Å²) in [6.07, 6.45) is 4.95. The molecule has 2 aromatic carbocycles. The van der Waals surface area contributed by atoms with E-state index in [0.717, 1.165) is 38.3 Å². The third kappa shape index (κ3) is 5.10. The Hall–Kier alpha value is -2.53. The highest BCUT2D eigenvalue weighted by Crippen LogP contribution is 2.22. The molecule has 5 nitrogen and oxygen atoms in total. The Morgan fingerprint density at radius 1 is 0.966 bits per heavy atom. The predicted molar refractivity (Wildman–Crippen MR) is 120 cm³/mol. The van der Waals surface area contributed by atoms with Crippen LogP contribution >= 0.6 is 0 Å². The highest BCUT2D eigenvalue weighted by molar-refractivity contribution is 5.89. The fraction of sp³-hybridized carbons (Fsp3) is 0.458. The normalized spacial score (nSPS) is 18.0. The van der Waals surface area contributed by atoms with E-state index in [1.807, 2.05) is 12.1 Å². The molecule has 0 aromatic heterocycles. The second kappa shape index (κ2) is 9.31. The van der Waals surface area contributed by atoms with E-state index in [1.54, 1.807) is 0 Å². The molecular weight excluding hydrogens is 360 g/mol. The number of urea groups is 1. The van der Waals surface area contributed by atoms with Gasteiger partial charge in [-0.15, -0.1) is 0 Å². The first kappa shape index (κ1) is 19.8. The predicted octanol–water partition coefficient (Wildman–Crippen LogP) is 4.25. The third-order valence-electron chi connectivity index (χ3n) is 6.19. The van der Waals surface area contributed by atoms with E-state index in [-0.39, 0.29) is 6.03 Å². The van der Waals surface area contributed by atoms with Crippen LogP contribution in [0.4, 0.5) is 16.2 Å². The minimum Gasteiger partial charge on any atom is -0.372 e. The molecule has 0 saturated carbocycles. The molecular formula is C24H32N4O. The van der Waals surface area contributed by atoms with E-state index in [1.165, 1.54) is 36.1 Å². The zero-order valence-electron chi connectivity index (χ0n) is 17.4. The molecule has 1 fully saturated rings. The highest BCUT2D eigenvalue weighted by Gasteiger charge is 2.20. The van der Waals surface area contributed by atoms with E-state index in [9.17, 15) is 4.79 Å². The van der Waals surface area contributed by atoms with Crippen LogP contribution in [-0.2, 0) is 13.0 Å². The van der Waals surface area contributed by atoms with Crippen LogP contribution in [0.1, 0.15) is 37.3 Å². The lowest BCUT2D eigenvalue weighted by Crippen LogP contribution is -2.45. The zero-order valence-corrected chi connectivity index (χ0v) is 17.4. The van der Waals surface area contributed by atoms with Crippen molar-refractivity contribution in [2.75, 3.05) is 36.4 Å². The van der Waals surface area contributed by atoms with Crippen molar-refractivity contribution in [1.82, 2.24) is 10.2 Å². The Morgan fingerprint density at radius 2 is 1.69 bits per heavy atom. The maximum absolute atomic E-state index is 12.3. The largest absolute Gasteiger partial charge is 0.372 e. The van der Waals surface area contributed by atoms with E-state index >= 15 is 0 Å². The van der Waals surface area contributed by atoms with E-state index in [0.29, 0.717) is 12.6 Å². The third-order valence-corrected chi connectivity index (χ3v) is 6.19. The molecule has 29 heavy (non-hydrogen) atoms. The SMILES string of the molecule is C[C@@H](CNC(=O)Nc1ccc(N2CCCCC2)cc1)N1CCc2ccccc2C1. The first-order valence-corrected chi connectivity index (χ1v) is 10.9. The Morgan fingerprint density at radius 3 is 2.45 bits per heavy atom. The fourth-order valence-electron chi connectivity index (χ4n) is 4.35. The van der Waals surface area contributed by atoms with Gasteiger partial charge in [0.05, 0.1) is 0 Å². The number of piperidine rings is 1. The summed E-state index contributed by atoms with van der Waals surface area (Å²) in [4.78, 5) is 17.2. The molecule has 0 aliphatic carbocycles. The van der Waals surface area contributed by atoms with Gasteiger partial charge in [-0.3, -0.25) is 4.90 Å². The molecule has 2 heterocycles. The molecule has 0 unspecified atom stereocenters. The van der Waals surface area contributed by atoms with Crippen molar-refractivity contribution in [3.63, 3.8) is 0 Å². The van der Waals surface area contributed by atoms with Crippen LogP contribution in [0, 0.1) is 0 Å². The van der Waals surface area contributed by atoms with Crippen molar-refractivity contribution < 1.29 is 4.79 Å². The monoisotopic (exact) mass is 392 g/mol. The molecule has 0 radical (unpaired) electrons. The summed E-state index contributed by atoms with van der Waals surface area (Å²) in [7, 11) is 0. The first-order valence-electron chi connectivity index (χ1n) is 10.9. The Balaban J connectivity index is 1.23. The van der Waals surface area contributed by atoms with Gasteiger partial charge in [0.15, 0.2) is 0 Å². The van der Waals surface area contributed by atoms with Crippen LogP contribution in [0.15, 0.2) is 48.5 Å². The number of rotatable bonds is 5. The number of fused-ring (bicyclic) bond motifs is 1. The number of amides is 2. The minimum absolute atomic E-state index is 0.139. The van der Waals surface area contributed by atoms with E-state index in [2.05, 4.69) is 63.8 Å². The Bertz CT molecular complexity index is 814. The van der Waals surface area contributed by atoms with E-state index in [4.69, 9.17) is 0 Å². The van der Waals surface area contributed by atoms with Crippen molar-refractivity contribution in [3.05, 3.63) is 59.7 Å². The van der Waals surface area contributed by atoms with Crippen molar-refractivity contribution in [1.29, 1.82) is 0 Å². The summed E-state index contributed by atoms with van der Waals surface area (Å²) in [6, 6.07) is 17.0. The highest BCUT2D eigenvalue weighted by atomic mass is 16.2. The number of nitrogens with zero attached hydrogens (tertiary/aromatic N) is 2. The second-order valence-corrected chi connectivity index (χ2v) is 8.27. The Labute approximate surface area is 174 Å². The molecule has 2 aliphatic heterocycles. The molecule has 2 amide bonds. The fourth-order valence-corrected chi connectivity index (χ4v) is 4.35. The van der Waals surface area contributed by atoms with Crippen molar-refractivity contribution >= 4 is 17.4 Å². The number of nitrogens with one attached hydrogen (secondary N) is 2. The van der Waals surface area contributed by atoms with Gasteiger partial charge < -0.3 is 15.5 Å². The number of carbonyl (C=O) groups excluding carboxylic acids is 1. The number of benzene rings is 2. The van der Waals surface area contributed by atoms with Crippen molar-refractivity contribution in [2.45, 2.75) is 45.2 Å². The summed E-state index contributed by atoms with van der Waals surface area (Å²) in [5, 5.41) is 5.99. The summed E-state index contributed by atoms with van der Waals surface area (Å²) >= 11 is 0. The average molecular weight is 393 g/mol. The minimum atomic E-state index is -0.139. The lowest BCUT2D eigenvalue weighted by atomic mass is 9.99. The van der Waals surface area contributed by atoms with Crippen LogP contribution in [0.25, 0.3) is 0 Å². The molecule has 1 atom stereocenters. The molecule has 154 valence electrons. The summed E-state index contributed by atoms with van der Waals surface area (Å²) in [5.74, 6) is 0. The molecule has 1 saturated heterocycles. The number of hydrogen-bond acceptors (Lipinski definition) is 3. The maximum atomic E-state index is 12.3. The van der Waals surface area contributed by atoms with Crippen molar-refractivity contribution in [3.8, 4) is 0 Å². The summed E-state index contributed by atoms with van der Waals surface area (Å²) in [5.41, 5.74) is 4.94. The van der Waals surface area contributed by atoms with Gasteiger partial charge in [0, 0.05) is 50.1 Å². The molecule has 2 N–H and O–H groups in total. The maximum Gasteiger partial charge on any atom is 0.319 e. The van der Waals surface area contributed by atoms with Gasteiger partial charge in [-0.2, -0.15) is 0 Å². The van der Waals surface area contributed by atoms with Gasteiger partial charge in [-0.1, -0.05) is 24.3 Å². The smallest absolute Gasteiger partial charge is 0.319 e. The lowest BCUT2D eigenvalue weighted by Gasteiger charge is -2.33. The zero-order chi connectivity index (χ0) is 20.1. The summed E-state index contributed by atoms with van der Waals surface area (Å²) in [6.45, 7) is 7.08. The lowest BCUT2D eigenvalue weighted by molar-refractivity contribution is 0.186. The van der Waals surface area contributed by atoms with Gasteiger partial charge in [0.1, 0.15) is 0 Å². The van der Waals surface area contributed by atoms with Gasteiger partial charge in [-0.25, -0.2) is 4.79 Å². The van der Waals surface area contributed by atoms with Crippen LogP contribution in [0.2, 0.25) is 0 Å². The van der Waals surface area contributed by atoms with Crippen molar-refractivity contribution in [2.24, 2.45) is 0 Å². The molecule has 4 rings (SSSR count). The molecule has 2 aromatic rings. The first-order chi connectivity index (χ1) is 14.2. The quantitative estimate of drug-likeness (QED) is 0.800. The van der Waals surface area contributed by atoms with Crippen LogP contribution in [0.5, 0.6) is 0 Å². The van der Waals surface area contributed by atoms with Gasteiger partial charge in [-0.05, 0) is 68.0 Å².